The molecule has 3 aromatic rings. The Morgan fingerprint density at radius 2 is 1.96 bits per heavy atom. The first-order valence-corrected chi connectivity index (χ1v) is 7.90. The molecule has 0 unspecified atom stereocenters. The van der Waals surface area contributed by atoms with Gasteiger partial charge in [0.25, 0.3) is 5.91 Å². The minimum atomic E-state index is -0.333. The number of aromatic nitrogens is 2. The SMILES string of the molecule is Cc1cccn2c3c(nc12)C(C(=O)Nc1ccccc1)=C(O)CC3. The van der Waals surface area contributed by atoms with Gasteiger partial charge in [-0.05, 0) is 37.1 Å². The Labute approximate surface area is 139 Å². The molecular weight excluding hydrogens is 302 g/mol. The Kier molecular flexibility index (Phi) is 3.34. The summed E-state index contributed by atoms with van der Waals surface area (Å²) in [7, 11) is 0. The fourth-order valence-corrected chi connectivity index (χ4v) is 3.14. The highest BCUT2D eigenvalue weighted by atomic mass is 16.3. The van der Waals surface area contributed by atoms with Gasteiger partial charge in [-0.2, -0.15) is 0 Å². The zero-order valence-electron chi connectivity index (χ0n) is 13.3. The van der Waals surface area contributed by atoms with Gasteiger partial charge in [0.15, 0.2) is 0 Å². The summed E-state index contributed by atoms with van der Waals surface area (Å²) in [4.78, 5) is 17.4. The molecule has 0 saturated heterocycles. The van der Waals surface area contributed by atoms with E-state index < -0.39 is 0 Å². The number of rotatable bonds is 2. The molecule has 1 amide bonds. The van der Waals surface area contributed by atoms with Gasteiger partial charge >= 0.3 is 0 Å². The molecule has 1 aliphatic rings. The van der Waals surface area contributed by atoms with Crippen molar-refractivity contribution in [2.45, 2.75) is 19.8 Å². The van der Waals surface area contributed by atoms with E-state index in [-0.39, 0.29) is 17.2 Å². The van der Waals surface area contributed by atoms with Crippen molar-refractivity contribution in [2.24, 2.45) is 0 Å². The Morgan fingerprint density at radius 3 is 2.75 bits per heavy atom. The number of pyridine rings is 1. The topological polar surface area (TPSA) is 66.6 Å². The highest BCUT2D eigenvalue weighted by Crippen LogP contribution is 2.32. The maximum absolute atomic E-state index is 12.7. The molecule has 2 heterocycles. The summed E-state index contributed by atoms with van der Waals surface area (Å²) in [6.45, 7) is 1.99. The Balaban J connectivity index is 1.80. The second kappa shape index (κ2) is 5.53. The molecule has 1 aromatic carbocycles. The summed E-state index contributed by atoms with van der Waals surface area (Å²) in [5.74, 6) is -0.238. The number of fused-ring (bicyclic) bond motifs is 3. The molecule has 24 heavy (non-hydrogen) atoms. The number of amides is 1. The summed E-state index contributed by atoms with van der Waals surface area (Å²) in [5, 5.41) is 13.2. The van der Waals surface area contributed by atoms with E-state index >= 15 is 0 Å². The Morgan fingerprint density at radius 1 is 1.17 bits per heavy atom. The van der Waals surface area contributed by atoms with Crippen molar-refractivity contribution >= 4 is 22.8 Å². The van der Waals surface area contributed by atoms with E-state index in [4.69, 9.17) is 0 Å². The van der Waals surface area contributed by atoms with Crippen LogP contribution in [0.15, 0.2) is 54.4 Å². The van der Waals surface area contributed by atoms with E-state index in [1.165, 1.54) is 0 Å². The van der Waals surface area contributed by atoms with Gasteiger partial charge in [0, 0.05) is 18.3 Å². The molecule has 0 fully saturated rings. The molecule has 1 aliphatic carbocycles. The maximum atomic E-state index is 12.7. The summed E-state index contributed by atoms with van der Waals surface area (Å²) in [5.41, 5.74) is 4.35. The molecule has 4 rings (SSSR count). The van der Waals surface area contributed by atoms with Crippen LogP contribution in [0.3, 0.4) is 0 Å². The van der Waals surface area contributed by atoms with E-state index in [0.717, 1.165) is 16.9 Å². The predicted octanol–water partition coefficient (Wildman–Crippen LogP) is 3.50. The molecule has 0 atom stereocenters. The quantitative estimate of drug-likeness (QED) is 0.760. The van der Waals surface area contributed by atoms with E-state index in [0.29, 0.717) is 24.2 Å². The molecule has 0 radical (unpaired) electrons. The third-order valence-corrected chi connectivity index (χ3v) is 4.33. The van der Waals surface area contributed by atoms with Crippen LogP contribution in [-0.4, -0.2) is 20.4 Å². The van der Waals surface area contributed by atoms with Crippen molar-refractivity contribution in [1.29, 1.82) is 0 Å². The van der Waals surface area contributed by atoms with Gasteiger partial charge in [0.05, 0.1) is 5.69 Å². The number of aliphatic hydroxyl groups excluding tert-OH is 1. The fourth-order valence-electron chi connectivity index (χ4n) is 3.14. The summed E-state index contributed by atoms with van der Waals surface area (Å²) < 4.78 is 2.01. The van der Waals surface area contributed by atoms with Crippen molar-refractivity contribution in [3.8, 4) is 0 Å². The van der Waals surface area contributed by atoms with Gasteiger partial charge in [-0.3, -0.25) is 4.79 Å². The molecule has 2 aromatic heterocycles. The van der Waals surface area contributed by atoms with Crippen molar-refractivity contribution in [1.82, 2.24) is 9.38 Å². The average molecular weight is 319 g/mol. The number of nitrogens with zero attached hydrogens (tertiary/aromatic N) is 2. The number of aliphatic hydroxyl groups is 1. The summed E-state index contributed by atoms with van der Waals surface area (Å²) in [6, 6.07) is 13.2. The molecule has 0 bridgehead atoms. The zero-order chi connectivity index (χ0) is 16.7. The van der Waals surface area contributed by atoms with Crippen molar-refractivity contribution in [3.05, 3.63) is 71.4 Å². The third kappa shape index (κ3) is 2.25. The lowest BCUT2D eigenvalue weighted by Crippen LogP contribution is -2.19. The summed E-state index contributed by atoms with van der Waals surface area (Å²) in [6.07, 6.45) is 3.05. The lowest BCUT2D eigenvalue weighted by Gasteiger charge is -2.16. The van der Waals surface area contributed by atoms with Crippen LogP contribution >= 0.6 is 0 Å². The average Bonchev–Trinajstić information content (AvgIpc) is 2.95. The first-order chi connectivity index (χ1) is 11.6. The lowest BCUT2D eigenvalue weighted by molar-refractivity contribution is -0.111. The van der Waals surface area contributed by atoms with Crippen LogP contribution in [0, 0.1) is 6.92 Å². The molecule has 0 spiro atoms. The van der Waals surface area contributed by atoms with Crippen LogP contribution in [0.1, 0.15) is 23.4 Å². The number of hydrogen-bond acceptors (Lipinski definition) is 3. The normalized spacial score (nSPS) is 13.9. The van der Waals surface area contributed by atoms with E-state index in [1.54, 1.807) is 0 Å². The number of allylic oxidation sites excluding steroid dienone is 1. The van der Waals surface area contributed by atoms with Crippen LogP contribution < -0.4 is 5.32 Å². The fraction of sp³-hybridized carbons (Fsp3) is 0.158. The van der Waals surface area contributed by atoms with Crippen LogP contribution in [0.5, 0.6) is 0 Å². The Bertz CT molecular complexity index is 971. The number of imidazole rings is 1. The Hall–Kier alpha value is -3.08. The first-order valence-electron chi connectivity index (χ1n) is 7.90. The molecule has 0 saturated carbocycles. The molecule has 5 nitrogen and oxygen atoms in total. The number of para-hydroxylation sites is 1. The van der Waals surface area contributed by atoms with Crippen LogP contribution in [0.25, 0.3) is 11.2 Å². The second-order valence-electron chi connectivity index (χ2n) is 5.93. The van der Waals surface area contributed by atoms with Crippen molar-refractivity contribution in [2.75, 3.05) is 5.32 Å². The van der Waals surface area contributed by atoms with Crippen molar-refractivity contribution < 1.29 is 9.90 Å². The first kappa shape index (κ1) is 14.5. The molecule has 2 N–H and O–H groups in total. The predicted molar refractivity (Wildman–Crippen MR) is 92.9 cm³/mol. The highest BCUT2D eigenvalue weighted by molar-refractivity contribution is 6.26. The summed E-state index contributed by atoms with van der Waals surface area (Å²) >= 11 is 0. The largest absolute Gasteiger partial charge is 0.511 e. The molecule has 5 heteroatoms. The minimum absolute atomic E-state index is 0.0944. The van der Waals surface area contributed by atoms with Crippen LogP contribution in [-0.2, 0) is 11.2 Å². The minimum Gasteiger partial charge on any atom is -0.511 e. The van der Waals surface area contributed by atoms with Crippen LogP contribution in [0.4, 0.5) is 5.69 Å². The number of anilines is 1. The van der Waals surface area contributed by atoms with Crippen molar-refractivity contribution in [3.63, 3.8) is 0 Å². The monoisotopic (exact) mass is 319 g/mol. The molecular formula is C19H17N3O2. The number of carbonyl (C=O) groups is 1. The zero-order valence-corrected chi connectivity index (χ0v) is 13.3. The lowest BCUT2D eigenvalue weighted by atomic mass is 9.97. The number of hydrogen-bond donors (Lipinski definition) is 2. The smallest absolute Gasteiger partial charge is 0.261 e. The van der Waals surface area contributed by atoms with Gasteiger partial charge in [-0.15, -0.1) is 0 Å². The van der Waals surface area contributed by atoms with E-state index in [2.05, 4.69) is 10.3 Å². The van der Waals surface area contributed by atoms with E-state index in [1.807, 2.05) is 60.0 Å². The number of aryl methyl sites for hydroxylation is 2. The molecule has 0 aliphatic heterocycles. The van der Waals surface area contributed by atoms with Crippen LogP contribution in [0.2, 0.25) is 0 Å². The van der Waals surface area contributed by atoms with E-state index in [9.17, 15) is 9.90 Å². The molecule has 120 valence electrons. The third-order valence-electron chi connectivity index (χ3n) is 4.33. The van der Waals surface area contributed by atoms with Gasteiger partial charge in [-0.25, -0.2) is 4.98 Å². The second-order valence-corrected chi connectivity index (χ2v) is 5.93. The van der Waals surface area contributed by atoms with Gasteiger partial charge in [-0.1, -0.05) is 24.3 Å². The number of carbonyl (C=O) groups excluding carboxylic acids is 1. The highest BCUT2D eigenvalue weighted by Gasteiger charge is 2.29. The number of benzene rings is 1. The van der Waals surface area contributed by atoms with Gasteiger partial charge < -0.3 is 14.8 Å². The standard InChI is InChI=1S/C19H17N3O2/c1-12-6-5-11-22-14-9-10-15(23)16(17(14)21-18(12)22)19(24)20-13-7-3-2-4-8-13/h2-8,11,23H,9-10H2,1H3,(H,20,24). The number of nitrogens with one attached hydrogen (secondary N) is 1. The maximum Gasteiger partial charge on any atom is 0.261 e. The van der Waals surface area contributed by atoms with Gasteiger partial charge in [0.1, 0.15) is 22.7 Å². The van der Waals surface area contributed by atoms with Gasteiger partial charge in [0.2, 0.25) is 0 Å².